The minimum atomic E-state index is -0.445. The number of aromatic amines is 1. The summed E-state index contributed by atoms with van der Waals surface area (Å²) >= 11 is 6.16. The predicted molar refractivity (Wildman–Crippen MR) is 137 cm³/mol. The highest BCUT2D eigenvalue weighted by Gasteiger charge is 2.31. The van der Waals surface area contributed by atoms with Crippen LogP contribution in [0.5, 0.6) is 0 Å². The summed E-state index contributed by atoms with van der Waals surface area (Å²) in [5.74, 6) is -0.107. The number of amides is 1. The second kappa shape index (κ2) is 8.73. The number of hydrogen-bond acceptors (Lipinski definition) is 3. The van der Waals surface area contributed by atoms with E-state index in [1.165, 1.54) is 0 Å². The molecule has 5 aromatic rings. The maximum Gasteiger partial charge on any atom is 0.271 e. The fourth-order valence-corrected chi connectivity index (χ4v) is 5.11. The molecule has 0 unspecified atom stereocenters. The lowest BCUT2D eigenvalue weighted by Gasteiger charge is -2.34. The van der Waals surface area contributed by atoms with Gasteiger partial charge in [0.1, 0.15) is 11.3 Å². The van der Waals surface area contributed by atoms with Crippen molar-refractivity contribution < 1.29 is 9.90 Å². The molecule has 0 bridgehead atoms. The van der Waals surface area contributed by atoms with Gasteiger partial charge >= 0.3 is 0 Å². The van der Waals surface area contributed by atoms with E-state index in [-0.39, 0.29) is 12.5 Å². The van der Waals surface area contributed by atoms with Crippen LogP contribution in [0.2, 0.25) is 5.02 Å². The quantitative estimate of drug-likeness (QED) is 0.345. The van der Waals surface area contributed by atoms with Gasteiger partial charge in [0, 0.05) is 58.8 Å². The molecule has 7 heteroatoms. The topological polar surface area (TPSA) is 74.2 Å². The molecule has 6 nitrogen and oxygen atoms in total. The van der Waals surface area contributed by atoms with Gasteiger partial charge in [0.2, 0.25) is 0 Å². The molecule has 0 saturated carbocycles. The average molecular weight is 483 g/mol. The number of H-pyrrole nitrogens is 1. The minimum Gasteiger partial charge on any atom is -0.394 e. The van der Waals surface area contributed by atoms with Crippen molar-refractivity contribution in [1.29, 1.82) is 0 Å². The molecular formula is C28H23ClN4O2. The number of carbonyl (C=O) groups is 1. The first-order valence-electron chi connectivity index (χ1n) is 11.5. The smallest absolute Gasteiger partial charge is 0.271 e. The van der Waals surface area contributed by atoms with Crippen LogP contribution in [0.1, 0.15) is 22.1 Å². The lowest BCUT2D eigenvalue weighted by molar-refractivity contribution is 0.0526. The number of halogens is 1. The molecule has 174 valence electrons. The number of fused-ring (bicyclic) bond motifs is 2. The second-order valence-electron chi connectivity index (χ2n) is 8.75. The number of carbonyl (C=O) groups excluding carboxylic acids is 1. The molecule has 0 aliphatic carbocycles. The van der Waals surface area contributed by atoms with Gasteiger partial charge < -0.3 is 19.6 Å². The number of rotatable bonds is 5. The average Bonchev–Trinajstić information content (AvgIpc) is 3.50. The molecule has 0 spiro atoms. The number of nitrogens with one attached hydrogen (secondary N) is 1. The Hall–Kier alpha value is -3.87. The van der Waals surface area contributed by atoms with Crippen LogP contribution in [0.25, 0.3) is 33.3 Å². The molecule has 1 aliphatic heterocycles. The maximum atomic E-state index is 13.5. The van der Waals surface area contributed by atoms with Gasteiger partial charge in [0.25, 0.3) is 5.91 Å². The van der Waals surface area contributed by atoms with Crippen molar-refractivity contribution >= 4 is 28.5 Å². The van der Waals surface area contributed by atoms with Gasteiger partial charge in [0.15, 0.2) is 0 Å². The van der Waals surface area contributed by atoms with Crippen LogP contribution in [-0.4, -0.2) is 43.6 Å². The van der Waals surface area contributed by atoms with E-state index in [9.17, 15) is 9.90 Å². The first kappa shape index (κ1) is 21.6. The molecule has 2 aromatic carbocycles. The highest BCUT2D eigenvalue weighted by atomic mass is 35.5. The van der Waals surface area contributed by atoms with E-state index >= 15 is 0 Å². The van der Waals surface area contributed by atoms with Crippen LogP contribution in [0.4, 0.5) is 0 Å². The third-order valence-electron chi connectivity index (χ3n) is 6.69. The summed E-state index contributed by atoms with van der Waals surface area (Å²) < 4.78 is 1.99. The Morgan fingerprint density at radius 1 is 1.00 bits per heavy atom. The summed E-state index contributed by atoms with van der Waals surface area (Å²) in [6.45, 7) is 0.981. The van der Waals surface area contributed by atoms with Crippen LogP contribution in [-0.2, 0) is 6.54 Å². The highest BCUT2D eigenvalue weighted by Crippen LogP contribution is 2.34. The Morgan fingerprint density at radius 2 is 1.86 bits per heavy atom. The highest BCUT2D eigenvalue weighted by molar-refractivity contribution is 6.30. The fraction of sp³-hybridized carbons (Fsp3) is 0.143. The Balaban J connectivity index is 1.36. The largest absolute Gasteiger partial charge is 0.394 e. The summed E-state index contributed by atoms with van der Waals surface area (Å²) in [7, 11) is 0. The van der Waals surface area contributed by atoms with Crippen molar-refractivity contribution in [3.05, 3.63) is 102 Å². The Bertz CT molecular complexity index is 1540. The molecule has 4 heterocycles. The molecule has 2 N–H and O–H groups in total. The van der Waals surface area contributed by atoms with Crippen LogP contribution in [0.15, 0.2) is 85.3 Å². The SMILES string of the molecule is O=C1c2cc(-c3c[nH]c4ncc(-c5ccccc5)cc34)cn2CCN1[C@@H](CO)c1cccc(Cl)c1. The Kier molecular flexibility index (Phi) is 5.40. The molecule has 0 fully saturated rings. The number of benzene rings is 2. The van der Waals surface area contributed by atoms with Gasteiger partial charge in [-0.2, -0.15) is 0 Å². The van der Waals surface area contributed by atoms with E-state index in [1.54, 1.807) is 17.0 Å². The summed E-state index contributed by atoms with van der Waals surface area (Å²) in [6.07, 6.45) is 5.84. The molecule has 0 radical (unpaired) electrons. The third kappa shape index (κ3) is 3.81. The third-order valence-corrected chi connectivity index (χ3v) is 6.93. The van der Waals surface area contributed by atoms with Crippen molar-refractivity contribution in [3.8, 4) is 22.3 Å². The molecule has 1 atom stereocenters. The number of nitrogens with zero attached hydrogens (tertiary/aromatic N) is 3. The summed E-state index contributed by atoms with van der Waals surface area (Å²) in [5.41, 5.74) is 6.33. The molecule has 1 amide bonds. The molecule has 1 aliphatic rings. The fourth-order valence-electron chi connectivity index (χ4n) is 4.91. The number of aliphatic hydroxyl groups excluding tert-OH is 1. The molecular weight excluding hydrogens is 460 g/mol. The van der Waals surface area contributed by atoms with E-state index in [0.29, 0.717) is 23.8 Å². The zero-order valence-electron chi connectivity index (χ0n) is 18.9. The Labute approximate surface area is 207 Å². The summed E-state index contributed by atoms with van der Waals surface area (Å²) in [4.78, 5) is 23.1. The lowest BCUT2D eigenvalue weighted by Crippen LogP contribution is -2.43. The van der Waals surface area contributed by atoms with E-state index in [2.05, 4.69) is 28.2 Å². The number of hydrogen-bond donors (Lipinski definition) is 2. The van der Waals surface area contributed by atoms with E-state index < -0.39 is 6.04 Å². The number of aromatic nitrogens is 3. The molecule has 35 heavy (non-hydrogen) atoms. The van der Waals surface area contributed by atoms with Crippen molar-refractivity contribution in [2.45, 2.75) is 12.6 Å². The van der Waals surface area contributed by atoms with Crippen molar-refractivity contribution in [2.24, 2.45) is 0 Å². The van der Waals surface area contributed by atoms with Gasteiger partial charge in [-0.05, 0) is 35.4 Å². The molecule has 3 aromatic heterocycles. The van der Waals surface area contributed by atoms with Gasteiger partial charge in [-0.1, -0.05) is 54.1 Å². The van der Waals surface area contributed by atoms with Crippen LogP contribution < -0.4 is 0 Å². The Morgan fingerprint density at radius 3 is 2.66 bits per heavy atom. The summed E-state index contributed by atoms with van der Waals surface area (Å²) in [6, 6.07) is 21.1. The van der Waals surface area contributed by atoms with Crippen LogP contribution in [0, 0.1) is 0 Å². The number of pyridine rings is 1. The van der Waals surface area contributed by atoms with Gasteiger partial charge in [-0.3, -0.25) is 4.79 Å². The maximum absolute atomic E-state index is 13.5. The predicted octanol–water partition coefficient (Wildman–Crippen LogP) is 5.54. The van der Waals surface area contributed by atoms with Crippen LogP contribution >= 0.6 is 11.6 Å². The minimum absolute atomic E-state index is 0.107. The second-order valence-corrected chi connectivity index (χ2v) is 9.18. The number of aliphatic hydroxyl groups is 1. The zero-order chi connectivity index (χ0) is 23.9. The van der Waals surface area contributed by atoms with Crippen molar-refractivity contribution in [1.82, 2.24) is 19.4 Å². The van der Waals surface area contributed by atoms with Crippen LogP contribution in [0.3, 0.4) is 0 Å². The lowest BCUT2D eigenvalue weighted by atomic mass is 10.0. The normalized spacial score (nSPS) is 14.3. The van der Waals surface area contributed by atoms with Gasteiger partial charge in [-0.25, -0.2) is 4.98 Å². The van der Waals surface area contributed by atoms with Gasteiger partial charge in [0.05, 0.1) is 12.6 Å². The van der Waals surface area contributed by atoms with Gasteiger partial charge in [-0.15, -0.1) is 0 Å². The molecule has 6 rings (SSSR count). The molecule has 0 saturated heterocycles. The first-order valence-corrected chi connectivity index (χ1v) is 11.9. The van der Waals surface area contributed by atoms with Crippen molar-refractivity contribution in [3.63, 3.8) is 0 Å². The standard InChI is InChI=1S/C28H23ClN4O2/c29-22-8-4-7-19(11-22)26(17-34)33-10-9-32-16-21(13-25(32)28(33)35)24-15-31-27-23(24)12-20(14-30-27)18-5-2-1-3-6-18/h1-8,11-16,26,34H,9-10,17H2,(H,30,31)/t26-/m0/s1. The van der Waals surface area contributed by atoms with E-state index in [4.69, 9.17) is 11.6 Å². The zero-order valence-corrected chi connectivity index (χ0v) is 19.6. The van der Waals surface area contributed by atoms with E-state index in [1.807, 2.05) is 59.6 Å². The van der Waals surface area contributed by atoms with E-state index in [0.717, 1.165) is 38.9 Å². The first-order chi connectivity index (χ1) is 17.1. The monoisotopic (exact) mass is 482 g/mol. The van der Waals surface area contributed by atoms with Crippen molar-refractivity contribution in [2.75, 3.05) is 13.2 Å². The summed E-state index contributed by atoms with van der Waals surface area (Å²) in [5, 5.41) is 11.7.